The number of fused-ring (bicyclic) bond motifs is 5. The number of aliphatic hydroxyl groups excluding tert-OH is 12. The Morgan fingerprint density at radius 3 is 1.89 bits per heavy atom. The third-order valence-corrected chi connectivity index (χ3v) is 17.5. The summed E-state index contributed by atoms with van der Waals surface area (Å²) >= 11 is 0. The third-order valence-electron chi connectivity index (χ3n) is 17.5. The Bertz CT molecular complexity index is 1780. The fourth-order valence-corrected chi connectivity index (χ4v) is 13.4. The van der Waals surface area contributed by atoms with Gasteiger partial charge < -0.3 is 94.4 Å². The summed E-state index contributed by atoms with van der Waals surface area (Å²) in [5.41, 5.74) is 1.58. The zero-order valence-electron chi connectivity index (χ0n) is 38.0. The first-order valence-corrected chi connectivity index (χ1v) is 23.7. The summed E-state index contributed by atoms with van der Waals surface area (Å²) in [6.07, 6.45) is -16.3. The molecule has 25 unspecified atom stereocenters. The lowest BCUT2D eigenvalue weighted by atomic mass is 9.46. The van der Waals surface area contributed by atoms with Crippen molar-refractivity contribution in [2.75, 3.05) is 26.4 Å². The molecule has 3 saturated heterocycles. The zero-order chi connectivity index (χ0) is 47.7. The van der Waals surface area contributed by atoms with E-state index >= 15 is 0 Å². The number of allylic oxidation sites excluding steroid dienone is 1. The smallest absolute Gasteiger partial charge is 0.336 e. The molecule has 4 aliphatic carbocycles. The molecule has 20 heteroatoms. The van der Waals surface area contributed by atoms with Crippen LogP contribution in [0.4, 0.5) is 0 Å². The molecule has 376 valence electrons. The number of rotatable bonds is 12. The summed E-state index contributed by atoms with van der Waals surface area (Å²) < 4.78 is 40.4. The van der Waals surface area contributed by atoms with E-state index in [1.165, 1.54) is 0 Å². The summed E-state index contributed by atoms with van der Waals surface area (Å²) in [5, 5.41) is 125. The van der Waals surface area contributed by atoms with E-state index in [0.717, 1.165) is 43.3 Å². The first kappa shape index (κ1) is 50.6. The second-order valence-corrected chi connectivity index (χ2v) is 20.9. The Kier molecular flexibility index (Phi) is 15.2. The Labute approximate surface area is 383 Å². The molecule has 0 spiro atoms. The van der Waals surface area contributed by atoms with Crippen LogP contribution < -0.4 is 0 Å². The van der Waals surface area contributed by atoms with E-state index in [1.807, 2.05) is 6.92 Å². The van der Waals surface area contributed by atoms with Crippen LogP contribution in [0.5, 0.6) is 0 Å². The molecule has 8 aliphatic rings. The molecule has 66 heavy (non-hydrogen) atoms. The van der Waals surface area contributed by atoms with Crippen molar-refractivity contribution in [3.05, 3.63) is 22.8 Å². The number of hydrogen-bond acceptors (Lipinski definition) is 20. The van der Waals surface area contributed by atoms with Crippen LogP contribution in [0.15, 0.2) is 22.8 Å². The number of carbonyl (C=O) groups is 1. The van der Waals surface area contributed by atoms with Gasteiger partial charge in [0.25, 0.3) is 0 Å². The van der Waals surface area contributed by atoms with Crippen molar-refractivity contribution in [3.8, 4) is 0 Å². The Hall–Kier alpha value is -1.77. The molecule has 0 aromatic rings. The van der Waals surface area contributed by atoms with E-state index in [1.54, 1.807) is 0 Å². The van der Waals surface area contributed by atoms with E-state index < -0.39 is 136 Å². The van der Waals surface area contributed by atoms with Crippen LogP contribution in [-0.2, 0) is 38.0 Å². The van der Waals surface area contributed by atoms with Crippen LogP contribution in [0.25, 0.3) is 0 Å². The molecule has 4 heterocycles. The minimum atomic E-state index is -1.70. The molecule has 4 aliphatic heterocycles. The molecule has 12 N–H and O–H groups in total. The Morgan fingerprint density at radius 1 is 0.712 bits per heavy atom. The van der Waals surface area contributed by atoms with Gasteiger partial charge in [-0.15, -0.1) is 0 Å². The van der Waals surface area contributed by atoms with Crippen molar-refractivity contribution in [3.63, 3.8) is 0 Å². The largest absolute Gasteiger partial charge is 0.458 e. The second kappa shape index (κ2) is 19.8. The van der Waals surface area contributed by atoms with Gasteiger partial charge >= 0.3 is 5.97 Å². The maximum Gasteiger partial charge on any atom is 0.336 e. The van der Waals surface area contributed by atoms with Crippen LogP contribution in [-0.4, -0.2) is 204 Å². The van der Waals surface area contributed by atoms with Crippen LogP contribution in [0.2, 0.25) is 0 Å². The average Bonchev–Trinajstić information content (AvgIpc) is 3.65. The van der Waals surface area contributed by atoms with Gasteiger partial charge in [0.2, 0.25) is 0 Å². The fourth-order valence-electron chi connectivity index (χ4n) is 13.4. The Morgan fingerprint density at radius 2 is 1.29 bits per heavy atom. The lowest BCUT2D eigenvalue weighted by Crippen LogP contribution is -2.62. The highest BCUT2D eigenvalue weighted by atomic mass is 16.7. The molecule has 20 nitrogen and oxygen atoms in total. The number of carbonyl (C=O) groups excluding carboxylic acids is 1. The maximum atomic E-state index is 13.5. The molecule has 0 bridgehead atoms. The monoisotopic (exact) mass is 944 g/mol. The van der Waals surface area contributed by atoms with Crippen molar-refractivity contribution in [1.82, 2.24) is 0 Å². The topological polar surface area (TPSA) is 324 Å². The quantitative estimate of drug-likeness (QED) is 0.0719. The van der Waals surface area contributed by atoms with E-state index in [-0.39, 0.29) is 42.3 Å². The van der Waals surface area contributed by atoms with Crippen LogP contribution in [0.1, 0.15) is 79.1 Å². The van der Waals surface area contributed by atoms with Crippen molar-refractivity contribution in [1.29, 1.82) is 0 Å². The third kappa shape index (κ3) is 8.86. The predicted molar refractivity (Wildman–Crippen MR) is 224 cm³/mol. The SMILES string of the molecule is CC1=C(COC2OC(CO)C(O)C(O)C2O)C(=O)OC(C(C)C2CCC3C4CC=C5CC(OC6OC(COC7OC(CO)C(O)C(O)C7O)C(O)C(O)C6O)CC(O)C5(C)C4CCC23C)C1. The van der Waals surface area contributed by atoms with Crippen molar-refractivity contribution in [2.45, 2.75) is 189 Å². The van der Waals surface area contributed by atoms with Crippen LogP contribution >= 0.6 is 0 Å². The minimum absolute atomic E-state index is 0.0347. The van der Waals surface area contributed by atoms with Crippen molar-refractivity contribution < 1.29 is 99.2 Å². The molecule has 0 aromatic carbocycles. The number of ether oxygens (including phenoxy) is 7. The molecule has 0 radical (unpaired) electrons. The molecule has 25 atom stereocenters. The number of hydrogen-bond donors (Lipinski definition) is 12. The molecule has 8 rings (SSSR count). The maximum absolute atomic E-state index is 13.5. The fraction of sp³-hybridized carbons (Fsp3) is 0.891. The molecular weight excluding hydrogens is 872 g/mol. The zero-order valence-corrected chi connectivity index (χ0v) is 38.0. The highest BCUT2D eigenvalue weighted by molar-refractivity contribution is 5.90. The first-order valence-electron chi connectivity index (χ1n) is 23.7. The van der Waals surface area contributed by atoms with E-state index in [9.17, 15) is 66.1 Å². The van der Waals surface area contributed by atoms with Gasteiger partial charge in [0, 0.05) is 18.3 Å². The first-order chi connectivity index (χ1) is 31.2. The predicted octanol–water partition coefficient (Wildman–Crippen LogP) is -2.37. The lowest BCUT2D eigenvalue weighted by Gasteiger charge is -2.60. The van der Waals surface area contributed by atoms with E-state index in [4.69, 9.17) is 33.2 Å². The number of cyclic esters (lactones) is 1. The van der Waals surface area contributed by atoms with Gasteiger partial charge in [0.15, 0.2) is 18.9 Å². The van der Waals surface area contributed by atoms with Gasteiger partial charge in [-0.25, -0.2) is 4.79 Å². The normalized spacial score (nSPS) is 51.3. The highest BCUT2D eigenvalue weighted by Crippen LogP contribution is 2.67. The van der Waals surface area contributed by atoms with Gasteiger partial charge in [-0.05, 0) is 80.5 Å². The molecule has 0 aromatic heterocycles. The summed E-state index contributed by atoms with van der Waals surface area (Å²) in [6.45, 7) is 6.54. The average molecular weight is 945 g/mol. The van der Waals surface area contributed by atoms with Gasteiger partial charge in [-0.2, -0.15) is 0 Å². The van der Waals surface area contributed by atoms with Gasteiger partial charge in [-0.1, -0.05) is 38.0 Å². The summed E-state index contributed by atoms with van der Waals surface area (Å²) in [5.74, 6) is 0.681. The van der Waals surface area contributed by atoms with E-state index in [2.05, 4.69) is 26.8 Å². The summed E-state index contributed by atoms with van der Waals surface area (Å²) in [7, 11) is 0. The number of esters is 1. The highest BCUT2D eigenvalue weighted by Gasteiger charge is 2.62. The molecule has 3 saturated carbocycles. The minimum Gasteiger partial charge on any atom is -0.458 e. The lowest BCUT2D eigenvalue weighted by molar-refractivity contribution is -0.337. The van der Waals surface area contributed by atoms with Crippen LogP contribution in [0.3, 0.4) is 0 Å². The molecular formula is C46H72O20. The number of aliphatic hydroxyl groups is 12. The van der Waals surface area contributed by atoms with Crippen LogP contribution in [0, 0.1) is 40.4 Å². The van der Waals surface area contributed by atoms with Gasteiger partial charge in [0.1, 0.15) is 79.4 Å². The van der Waals surface area contributed by atoms with Gasteiger partial charge in [-0.3, -0.25) is 0 Å². The molecule has 6 fully saturated rings. The van der Waals surface area contributed by atoms with E-state index in [0.29, 0.717) is 30.3 Å². The Balaban J connectivity index is 0.883. The van der Waals surface area contributed by atoms with Gasteiger partial charge in [0.05, 0.1) is 44.2 Å². The summed E-state index contributed by atoms with van der Waals surface area (Å²) in [4.78, 5) is 13.5. The standard InChI is InChI=1S/C46H72O20/c1-18-11-27(63-41(59)23(18)16-60-42-38(56)35(53)32(50)28(14-47)64-42)19(2)24-7-8-25-22-6-5-20-12-21(13-31(49)46(20,4)26(22)9-10-45(24,25)3)62-44-40(58)37(55)34(52)30(66-44)17-61-43-39(57)36(54)33(51)29(15-48)65-43/h5,19,21-22,24-40,42-44,47-58H,6-17H2,1-4H3. The molecule has 0 amide bonds. The van der Waals surface area contributed by atoms with Crippen molar-refractivity contribution in [2.24, 2.45) is 40.4 Å². The second-order valence-electron chi connectivity index (χ2n) is 20.9. The summed E-state index contributed by atoms with van der Waals surface area (Å²) in [6, 6.07) is 0. The van der Waals surface area contributed by atoms with Crippen molar-refractivity contribution >= 4 is 5.97 Å².